The molecule has 0 bridgehead atoms. The molecule has 0 amide bonds. The average Bonchev–Trinajstić information content (AvgIpc) is 2.91. The van der Waals surface area contributed by atoms with Gasteiger partial charge in [0.2, 0.25) is 7.41 Å². The largest absolute Gasteiger partial charge is 0.346 e. The Labute approximate surface area is 166 Å². The fraction of sp³-hybridized carbons (Fsp3) is 0.818. The van der Waals surface area contributed by atoms with Gasteiger partial charge in [0.1, 0.15) is 5.82 Å². The minimum atomic E-state index is 0.526. The summed E-state index contributed by atoms with van der Waals surface area (Å²) in [6, 6.07) is 0. The van der Waals surface area contributed by atoms with Crippen molar-refractivity contribution >= 4 is 13.0 Å². The van der Waals surface area contributed by atoms with Crippen LogP contribution in [0.25, 0.3) is 5.57 Å². The lowest BCUT2D eigenvalue weighted by Gasteiger charge is -2.34. The molecule has 0 spiro atoms. The molecule has 5 heteroatoms. The van der Waals surface area contributed by atoms with Crippen LogP contribution in [0.4, 0.5) is 0 Å². The van der Waals surface area contributed by atoms with Crippen LogP contribution in [0, 0.1) is 0 Å². The van der Waals surface area contributed by atoms with E-state index in [-0.39, 0.29) is 0 Å². The molecule has 2 aliphatic carbocycles. The third-order valence-corrected chi connectivity index (χ3v) is 6.88. The predicted octanol–water partition coefficient (Wildman–Crippen LogP) is 5.10. The van der Waals surface area contributed by atoms with E-state index in [2.05, 4.69) is 40.1 Å². The lowest BCUT2D eigenvalue weighted by molar-refractivity contribution is 0.309. The monoisotopic (exact) mass is 367 g/mol. The lowest BCUT2D eigenvalue weighted by atomic mass is 9.68. The van der Waals surface area contributed by atoms with E-state index in [1.54, 1.807) is 0 Å². The maximum atomic E-state index is 4.67. The van der Waals surface area contributed by atoms with Gasteiger partial charge in [0.25, 0.3) is 0 Å². The summed E-state index contributed by atoms with van der Waals surface area (Å²) in [6.45, 7) is 2.35. The van der Waals surface area contributed by atoms with E-state index in [0.717, 1.165) is 24.6 Å². The van der Waals surface area contributed by atoms with Crippen LogP contribution in [-0.4, -0.2) is 40.1 Å². The molecule has 1 atom stereocenters. The van der Waals surface area contributed by atoms with Crippen molar-refractivity contribution in [1.29, 1.82) is 0 Å². The Morgan fingerprint density at radius 3 is 2.59 bits per heavy atom. The zero-order valence-corrected chi connectivity index (χ0v) is 17.2. The van der Waals surface area contributed by atoms with Gasteiger partial charge in [-0.1, -0.05) is 56.8 Å². The van der Waals surface area contributed by atoms with Gasteiger partial charge in [0, 0.05) is 13.0 Å². The summed E-state index contributed by atoms with van der Waals surface area (Å²) in [6.07, 6.45) is 19.8. The van der Waals surface area contributed by atoms with Crippen LogP contribution in [0.5, 0.6) is 0 Å². The Bertz CT molecular complexity index is 630. The average molecular weight is 367 g/mol. The molecule has 1 saturated carbocycles. The summed E-state index contributed by atoms with van der Waals surface area (Å²) in [5, 5.41) is 9.30. The van der Waals surface area contributed by atoms with E-state index in [1.165, 1.54) is 95.0 Å². The molecule has 1 unspecified atom stereocenters. The molecule has 0 N–H and O–H groups in total. The van der Waals surface area contributed by atoms with Crippen LogP contribution in [0.1, 0.15) is 101 Å². The topological polar surface area (TPSA) is 34.0 Å². The molecule has 2 heterocycles. The number of allylic oxidation sites excluding steroid dienone is 2. The minimum absolute atomic E-state index is 0.526. The van der Waals surface area contributed by atoms with Gasteiger partial charge in [-0.05, 0) is 57.2 Å². The molecule has 1 aliphatic heterocycles. The smallest absolute Gasteiger partial charge is 0.211 e. The van der Waals surface area contributed by atoms with Gasteiger partial charge in [-0.15, -0.1) is 10.2 Å². The Hall–Kier alpha value is -1.10. The molecule has 4 nitrogen and oxygen atoms in total. The van der Waals surface area contributed by atoms with Gasteiger partial charge in [0.15, 0.2) is 5.82 Å². The van der Waals surface area contributed by atoms with Crippen LogP contribution in [-0.2, 0) is 7.05 Å². The second-order valence-corrected chi connectivity index (χ2v) is 9.00. The van der Waals surface area contributed by atoms with Crippen LogP contribution in [0.3, 0.4) is 0 Å². The molecular weight excluding hydrogens is 331 g/mol. The quantitative estimate of drug-likeness (QED) is 0.548. The first-order chi connectivity index (χ1) is 13.3. The molecule has 3 aliphatic rings. The summed E-state index contributed by atoms with van der Waals surface area (Å²) >= 11 is 0. The Balaban J connectivity index is 1.41. The first kappa shape index (κ1) is 19.2. The molecule has 147 valence electrons. The van der Waals surface area contributed by atoms with Gasteiger partial charge >= 0.3 is 0 Å². The normalized spacial score (nSPS) is 26.3. The van der Waals surface area contributed by atoms with Gasteiger partial charge in [0.05, 0.1) is 0 Å². The maximum absolute atomic E-state index is 4.67. The molecule has 1 aromatic heterocycles. The van der Waals surface area contributed by atoms with E-state index < -0.39 is 0 Å². The van der Waals surface area contributed by atoms with Crippen molar-refractivity contribution in [3.05, 3.63) is 17.7 Å². The van der Waals surface area contributed by atoms with Crippen molar-refractivity contribution in [3.63, 3.8) is 0 Å². The van der Waals surface area contributed by atoms with Gasteiger partial charge in [-0.3, -0.25) is 0 Å². The summed E-state index contributed by atoms with van der Waals surface area (Å²) in [4.78, 5) is 2.61. The molecule has 27 heavy (non-hydrogen) atoms. The van der Waals surface area contributed by atoms with Crippen molar-refractivity contribution < 1.29 is 0 Å². The number of hydrogen-bond donors (Lipinski definition) is 0. The molecular formula is C22H36BN4. The van der Waals surface area contributed by atoms with E-state index in [0.29, 0.717) is 5.92 Å². The van der Waals surface area contributed by atoms with Gasteiger partial charge in [-0.2, -0.15) is 0 Å². The fourth-order valence-electron chi connectivity index (χ4n) is 5.31. The second-order valence-electron chi connectivity index (χ2n) is 9.00. The zero-order chi connectivity index (χ0) is 18.5. The fourth-order valence-corrected chi connectivity index (χ4v) is 5.31. The van der Waals surface area contributed by atoms with Crippen molar-refractivity contribution in [2.24, 2.45) is 7.05 Å². The molecule has 1 saturated heterocycles. The third-order valence-electron chi connectivity index (χ3n) is 6.88. The predicted molar refractivity (Wildman–Crippen MR) is 113 cm³/mol. The highest BCUT2D eigenvalue weighted by Crippen LogP contribution is 2.32. The van der Waals surface area contributed by atoms with Crippen molar-refractivity contribution in [2.45, 2.75) is 95.2 Å². The van der Waals surface area contributed by atoms with Crippen LogP contribution in [0.15, 0.2) is 6.08 Å². The van der Waals surface area contributed by atoms with Crippen molar-refractivity contribution in [3.8, 4) is 0 Å². The lowest BCUT2D eigenvalue weighted by Crippen LogP contribution is -2.39. The van der Waals surface area contributed by atoms with E-state index in [1.807, 2.05) is 0 Å². The van der Waals surface area contributed by atoms with Gasteiger partial charge < -0.3 is 9.38 Å². The summed E-state index contributed by atoms with van der Waals surface area (Å²) < 4.78 is 2.30. The van der Waals surface area contributed by atoms with E-state index >= 15 is 0 Å². The van der Waals surface area contributed by atoms with Gasteiger partial charge in [-0.25, -0.2) is 0 Å². The Kier molecular flexibility index (Phi) is 6.70. The highest BCUT2D eigenvalue weighted by atomic mass is 15.3. The highest BCUT2D eigenvalue weighted by Gasteiger charge is 2.28. The minimum Gasteiger partial charge on any atom is -0.346 e. The van der Waals surface area contributed by atoms with Crippen LogP contribution >= 0.6 is 0 Å². The SMILES string of the molecule is Cn1c(C2=CCCCCC2)nnc1C1CCCN([B]C2CCCCCC2)C1. The first-order valence-corrected chi connectivity index (χ1v) is 11.5. The third kappa shape index (κ3) is 4.85. The summed E-state index contributed by atoms with van der Waals surface area (Å²) in [5.41, 5.74) is 1.42. The van der Waals surface area contributed by atoms with E-state index in [9.17, 15) is 0 Å². The second kappa shape index (κ2) is 9.40. The Morgan fingerprint density at radius 2 is 1.74 bits per heavy atom. The number of hydrogen-bond acceptors (Lipinski definition) is 3. The molecule has 0 aromatic carbocycles. The Morgan fingerprint density at radius 1 is 0.926 bits per heavy atom. The number of aromatic nitrogens is 3. The molecule has 1 aromatic rings. The standard InChI is InChI=1S/C22H36BN4/c1-26-21(18-11-6-2-3-7-12-18)24-25-22(26)19-13-10-16-27(17-19)23-20-14-8-4-5-9-15-20/h11,19-20H,2-10,12-17H2,1H3. The summed E-state index contributed by atoms with van der Waals surface area (Å²) in [7, 11) is 4.77. The van der Waals surface area contributed by atoms with Crippen molar-refractivity contribution in [2.75, 3.05) is 13.1 Å². The van der Waals surface area contributed by atoms with Crippen LogP contribution < -0.4 is 0 Å². The number of piperidine rings is 1. The number of rotatable bonds is 4. The molecule has 4 rings (SSSR count). The zero-order valence-electron chi connectivity index (χ0n) is 17.2. The number of nitrogens with zero attached hydrogens (tertiary/aromatic N) is 4. The maximum Gasteiger partial charge on any atom is 0.211 e. The summed E-state index contributed by atoms with van der Waals surface area (Å²) in [5.74, 6) is 3.65. The molecule has 1 radical (unpaired) electrons. The first-order valence-electron chi connectivity index (χ1n) is 11.5. The van der Waals surface area contributed by atoms with Crippen molar-refractivity contribution in [1.82, 2.24) is 19.6 Å². The van der Waals surface area contributed by atoms with E-state index in [4.69, 9.17) is 0 Å². The molecule has 2 fully saturated rings. The highest BCUT2D eigenvalue weighted by molar-refractivity contribution is 6.34. The van der Waals surface area contributed by atoms with Crippen LogP contribution in [0.2, 0.25) is 5.82 Å².